The monoisotopic (exact) mass is 322 g/mol. The number of morpholine rings is 1. The Bertz CT molecular complexity index is 506. The summed E-state index contributed by atoms with van der Waals surface area (Å²) in [6.07, 6.45) is 3.18. The van der Waals surface area contributed by atoms with Crippen LogP contribution in [0.1, 0.15) is 26.2 Å². The van der Waals surface area contributed by atoms with E-state index in [-0.39, 0.29) is 18.0 Å². The molecule has 0 radical (unpaired) electrons. The van der Waals surface area contributed by atoms with E-state index >= 15 is 0 Å². The van der Waals surface area contributed by atoms with Gasteiger partial charge >= 0.3 is 6.03 Å². The summed E-state index contributed by atoms with van der Waals surface area (Å²) in [6, 6.07) is -0.219. The molecule has 0 aliphatic carbocycles. The lowest BCUT2D eigenvalue weighted by Gasteiger charge is -2.49. The fourth-order valence-electron chi connectivity index (χ4n) is 4.58. The van der Waals surface area contributed by atoms with Crippen LogP contribution in [0.15, 0.2) is 0 Å². The number of nitrogens with zero attached hydrogens (tertiary/aromatic N) is 3. The van der Waals surface area contributed by atoms with E-state index in [4.69, 9.17) is 4.74 Å². The molecule has 2 unspecified atom stereocenters. The zero-order chi connectivity index (χ0) is 16.0. The summed E-state index contributed by atoms with van der Waals surface area (Å²) in [5.74, 6) is 0.276. The standard InChI is InChI=1S/C16H26N4O3/c1-2-13-9-19(7-8-23-13)11-20-14(21)16(17-15(20)22)10-18-5-3-12(16)4-6-18/h12-13H,2-11H2,1H3,(H,17,22). The Morgan fingerprint density at radius 1 is 1.26 bits per heavy atom. The fraction of sp³-hybridized carbons (Fsp3) is 0.875. The molecule has 0 aromatic carbocycles. The molecule has 23 heavy (non-hydrogen) atoms. The highest BCUT2D eigenvalue weighted by Crippen LogP contribution is 2.39. The number of carbonyl (C=O) groups excluding carboxylic acids is 2. The first-order valence-corrected chi connectivity index (χ1v) is 8.83. The maximum atomic E-state index is 13.1. The molecule has 128 valence electrons. The van der Waals surface area contributed by atoms with Gasteiger partial charge in [0, 0.05) is 19.6 Å². The third-order valence-corrected chi connectivity index (χ3v) is 5.98. The van der Waals surface area contributed by atoms with Crippen molar-refractivity contribution < 1.29 is 14.3 Å². The number of hydrogen-bond donors (Lipinski definition) is 1. The van der Waals surface area contributed by atoms with Crippen LogP contribution in [0.5, 0.6) is 0 Å². The van der Waals surface area contributed by atoms with Gasteiger partial charge in [-0.1, -0.05) is 6.92 Å². The molecule has 5 aliphatic rings. The molecule has 7 heteroatoms. The molecule has 7 nitrogen and oxygen atoms in total. The van der Waals surface area contributed by atoms with Gasteiger partial charge in [-0.25, -0.2) is 9.69 Å². The Morgan fingerprint density at radius 3 is 2.70 bits per heavy atom. The molecule has 2 atom stereocenters. The van der Waals surface area contributed by atoms with E-state index in [1.54, 1.807) is 0 Å². The summed E-state index contributed by atoms with van der Waals surface area (Å²) in [5.41, 5.74) is -0.663. The smallest absolute Gasteiger partial charge is 0.326 e. The number of urea groups is 1. The minimum Gasteiger partial charge on any atom is -0.376 e. The van der Waals surface area contributed by atoms with Crippen molar-refractivity contribution in [3.63, 3.8) is 0 Å². The van der Waals surface area contributed by atoms with Crippen molar-refractivity contribution in [2.24, 2.45) is 5.92 Å². The molecule has 3 amide bonds. The molecule has 5 heterocycles. The van der Waals surface area contributed by atoms with Crippen LogP contribution < -0.4 is 5.32 Å². The third kappa shape index (κ3) is 2.45. The lowest BCUT2D eigenvalue weighted by atomic mass is 9.73. The number of nitrogens with one attached hydrogen (secondary N) is 1. The van der Waals surface area contributed by atoms with Crippen LogP contribution in [0.2, 0.25) is 0 Å². The first-order valence-electron chi connectivity index (χ1n) is 8.83. The molecular formula is C16H26N4O3. The zero-order valence-electron chi connectivity index (χ0n) is 13.8. The molecular weight excluding hydrogens is 296 g/mol. The Hall–Kier alpha value is -1.18. The predicted octanol–water partition coefficient (Wildman–Crippen LogP) is 0.0709. The Balaban J connectivity index is 1.48. The minimum atomic E-state index is -0.663. The van der Waals surface area contributed by atoms with Crippen molar-refractivity contribution in [1.82, 2.24) is 20.0 Å². The largest absolute Gasteiger partial charge is 0.376 e. The van der Waals surface area contributed by atoms with Crippen LogP contribution in [-0.2, 0) is 9.53 Å². The number of piperidine rings is 3. The third-order valence-electron chi connectivity index (χ3n) is 5.98. The lowest BCUT2D eigenvalue weighted by molar-refractivity contribution is -0.141. The first-order chi connectivity index (χ1) is 11.1. The highest BCUT2D eigenvalue weighted by molar-refractivity contribution is 6.07. The van der Waals surface area contributed by atoms with E-state index in [0.717, 1.165) is 45.4 Å². The van der Waals surface area contributed by atoms with Gasteiger partial charge in [-0.15, -0.1) is 0 Å². The van der Waals surface area contributed by atoms with Gasteiger partial charge in [0.05, 0.1) is 19.4 Å². The number of fused-ring (bicyclic) bond motifs is 2. The minimum absolute atomic E-state index is 0.0172. The van der Waals surface area contributed by atoms with Crippen LogP contribution >= 0.6 is 0 Å². The van der Waals surface area contributed by atoms with Gasteiger partial charge < -0.3 is 15.0 Å². The van der Waals surface area contributed by atoms with Gasteiger partial charge in [-0.3, -0.25) is 9.69 Å². The normalized spacial score (nSPS) is 40.9. The van der Waals surface area contributed by atoms with E-state index < -0.39 is 5.54 Å². The highest BCUT2D eigenvalue weighted by Gasteiger charge is 2.59. The molecule has 5 fully saturated rings. The van der Waals surface area contributed by atoms with Gasteiger partial charge in [-0.05, 0) is 38.3 Å². The van der Waals surface area contributed by atoms with Crippen molar-refractivity contribution in [3.05, 3.63) is 0 Å². The van der Waals surface area contributed by atoms with Gasteiger partial charge in [0.1, 0.15) is 5.54 Å². The van der Waals surface area contributed by atoms with Crippen molar-refractivity contribution in [2.75, 3.05) is 46.0 Å². The number of imide groups is 1. The molecule has 1 N–H and O–H groups in total. The number of hydrogen-bond acceptors (Lipinski definition) is 5. The summed E-state index contributed by atoms with van der Waals surface area (Å²) in [4.78, 5) is 31.4. The van der Waals surface area contributed by atoms with Crippen LogP contribution in [0.4, 0.5) is 4.79 Å². The number of ether oxygens (including phenoxy) is 1. The average molecular weight is 322 g/mol. The summed E-state index contributed by atoms with van der Waals surface area (Å²) >= 11 is 0. The van der Waals surface area contributed by atoms with Crippen molar-refractivity contribution in [1.29, 1.82) is 0 Å². The molecule has 5 aliphatic heterocycles. The Morgan fingerprint density at radius 2 is 2.04 bits per heavy atom. The second-order valence-electron chi connectivity index (χ2n) is 7.30. The molecule has 5 rings (SSSR count). The molecule has 0 saturated carbocycles. The number of rotatable bonds is 3. The molecule has 0 aromatic heterocycles. The van der Waals surface area contributed by atoms with Gasteiger partial charge in [0.2, 0.25) is 0 Å². The molecule has 1 spiro atoms. The van der Waals surface area contributed by atoms with Gasteiger partial charge in [0.25, 0.3) is 5.91 Å². The van der Waals surface area contributed by atoms with Gasteiger partial charge in [0.15, 0.2) is 0 Å². The van der Waals surface area contributed by atoms with Crippen molar-refractivity contribution in [2.45, 2.75) is 37.8 Å². The van der Waals surface area contributed by atoms with Gasteiger partial charge in [-0.2, -0.15) is 0 Å². The fourth-order valence-corrected chi connectivity index (χ4v) is 4.58. The SMILES string of the molecule is CCC1CN(CN2C(=O)NC3(CN4CCC3CC4)C2=O)CCO1. The van der Waals surface area contributed by atoms with Crippen molar-refractivity contribution >= 4 is 11.9 Å². The molecule has 0 aromatic rings. The quantitative estimate of drug-likeness (QED) is 0.745. The zero-order valence-corrected chi connectivity index (χ0v) is 13.8. The summed E-state index contributed by atoms with van der Waals surface area (Å²) < 4.78 is 5.67. The van der Waals surface area contributed by atoms with E-state index in [9.17, 15) is 9.59 Å². The highest BCUT2D eigenvalue weighted by atomic mass is 16.5. The van der Waals surface area contributed by atoms with E-state index in [1.165, 1.54) is 4.90 Å². The average Bonchev–Trinajstić information content (AvgIpc) is 2.80. The number of amides is 3. The van der Waals surface area contributed by atoms with E-state index in [0.29, 0.717) is 25.7 Å². The lowest BCUT2D eigenvalue weighted by Crippen LogP contribution is -2.67. The Labute approximate surface area is 136 Å². The molecule has 2 bridgehead atoms. The first kappa shape index (κ1) is 15.4. The maximum Gasteiger partial charge on any atom is 0.326 e. The maximum absolute atomic E-state index is 13.1. The van der Waals surface area contributed by atoms with Crippen molar-refractivity contribution in [3.8, 4) is 0 Å². The van der Waals surface area contributed by atoms with Crippen LogP contribution in [0.3, 0.4) is 0 Å². The number of carbonyl (C=O) groups is 2. The predicted molar refractivity (Wildman–Crippen MR) is 83.7 cm³/mol. The molecule has 5 saturated heterocycles. The summed E-state index contributed by atoms with van der Waals surface area (Å²) in [5, 5.41) is 3.05. The second kappa shape index (κ2) is 5.72. The van der Waals surface area contributed by atoms with E-state index in [2.05, 4.69) is 22.0 Å². The van der Waals surface area contributed by atoms with Crippen LogP contribution in [0, 0.1) is 5.92 Å². The van der Waals surface area contributed by atoms with E-state index in [1.807, 2.05) is 0 Å². The van der Waals surface area contributed by atoms with Crippen LogP contribution in [-0.4, -0.2) is 84.3 Å². The Kier molecular flexibility index (Phi) is 3.82. The van der Waals surface area contributed by atoms with Crippen LogP contribution in [0.25, 0.3) is 0 Å². The summed E-state index contributed by atoms with van der Waals surface area (Å²) in [7, 11) is 0. The second-order valence-corrected chi connectivity index (χ2v) is 7.30. The summed E-state index contributed by atoms with van der Waals surface area (Å²) in [6.45, 7) is 7.51. The topological polar surface area (TPSA) is 65.1 Å².